The largest absolute Gasteiger partial charge is 0.379 e. The molecule has 0 aliphatic carbocycles. The third kappa shape index (κ3) is 7.57. The summed E-state index contributed by atoms with van der Waals surface area (Å²) in [7, 11) is 0. The van der Waals surface area contributed by atoms with Gasteiger partial charge in [0, 0.05) is 25.8 Å². The Morgan fingerprint density at radius 3 is 2.86 bits per heavy atom. The smallest absolute Gasteiger partial charge is 0.188 e. The van der Waals surface area contributed by atoms with E-state index in [1.807, 2.05) is 6.07 Å². The van der Waals surface area contributed by atoms with Gasteiger partial charge in [0.1, 0.15) is 5.15 Å². The lowest BCUT2D eigenvalue weighted by molar-refractivity contribution is 0.0376. The summed E-state index contributed by atoms with van der Waals surface area (Å²) in [6, 6.07) is 3.64. The highest BCUT2D eigenvalue weighted by Gasteiger charge is 2.08. The van der Waals surface area contributed by atoms with Crippen LogP contribution in [0.3, 0.4) is 0 Å². The maximum atomic E-state index is 5.83. The van der Waals surface area contributed by atoms with E-state index in [-0.39, 0.29) is 24.0 Å². The summed E-state index contributed by atoms with van der Waals surface area (Å²) < 4.78 is 5.32. The number of nitrogens with one attached hydrogen (secondary N) is 1. The van der Waals surface area contributed by atoms with Crippen molar-refractivity contribution >= 4 is 41.5 Å². The van der Waals surface area contributed by atoms with E-state index < -0.39 is 0 Å². The molecule has 1 aromatic heterocycles. The molecule has 22 heavy (non-hydrogen) atoms. The van der Waals surface area contributed by atoms with Crippen molar-refractivity contribution in [2.45, 2.75) is 13.0 Å². The number of halogens is 2. The van der Waals surface area contributed by atoms with Crippen LogP contribution in [0.1, 0.15) is 12.0 Å². The normalized spacial score (nSPS) is 16.1. The Morgan fingerprint density at radius 1 is 1.41 bits per heavy atom. The first-order valence-electron chi connectivity index (χ1n) is 7.18. The Labute approximate surface area is 153 Å². The van der Waals surface area contributed by atoms with Crippen molar-refractivity contribution in [2.24, 2.45) is 10.7 Å². The van der Waals surface area contributed by atoms with E-state index >= 15 is 0 Å². The maximum absolute atomic E-state index is 5.83. The summed E-state index contributed by atoms with van der Waals surface area (Å²) in [4.78, 5) is 10.7. The number of pyridine rings is 1. The van der Waals surface area contributed by atoms with Gasteiger partial charge in [-0.25, -0.2) is 9.98 Å². The average molecular weight is 440 g/mol. The third-order valence-electron chi connectivity index (χ3n) is 3.28. The lowest BCUT2D eigenvalue weighted by atomic mass is 10.3. The molecular formula is C14H23ClIN5O. The first-order chi connectivity index (χ1) is 10.2. The maximum Gasteiger partial charge on any atom is 0.188 e. The van der Waals surface area contributed by atoms with Crippen LogP contribution in [0.2, 0.25) is 5.15 Å². The molecule has 124 valence electrons. The van der Waals surface area contributed by atoms with Crippen molar-refractivity contribution in [1.82, 2.24) is 15.2 Å². The van der Waals surface area contributed by atoms with Crippen molar-refractivity contribution in [3.8, 4) is 0 Å². The molecule has 2 rings (SSSR count). The molecular weight excluding hydrogens is 417 g/mol. The van der Waals surface area contributed by atoms with Crippen molar-refractivity contribution < 1.29 is 4.74 Å². The zero-order valence-electron chi connectivity index (χ0n) is 12.5. The minimum absolute atomic E-state index is 0. The van der Waals surface area contributed by atoms with Gasteiger partial charge in [0.05, 0.1) is 19.8 Å². The highest BCUT2D eigenvalue weighted by atomic mass is 127. The number of rotatable bonds is 6. The van der Waals surface area contributed by atoms with Crippen LogP contribution in [-0.4, -0.2) is 55.2 Å². The van der Waals surface area contributed by atoms with Crippen LogP contribution in [0.25, 0.3) is 0 Å². The molecule has 6 nitrogen and oxygen atoms in total. The van der Waals surface area contributed by atoms with E-state index in [1.165, 1.54) is 0 Å². The predicted octanol–water partition coefficient (Wildman–Crippen LogP) is 1.48. The van der Waals surface area contributed by atoms with Gasteiger partial charge >= 0.3 is 0 Å². The summed E-state index contributed by atoms with van der Waals surface area (Å²) in [5, 5.41) is 3.61. The fourth-order valence-electron chi connectivity index (χ4n) is 2.08. The molecule has 0 atom stereocenters. The van der Waals surface area contributed by atoms with Gasteiger partial charge < -0.3 is 15.8 Å². The van der Waals surface area contributed by atoms with E-state index in [2.05, 4.69) is 20.2 Å². The first-order valence-corrected chi connectivity index (χ1v) is 7.56. The monoisotopic (exact) mass is 439 g/mol. The van der Waals surface area contributed by atoms with Gasteiger partial charge in [-0.1, -0.05) is 17.7 Å². The molecule has 1 aliphatic rings. The number of aromatic nitrogens is 1. The molecule has 2 heterocycles. The van der Waals surface area contributed by atoms with Gasteiger partial charge in [-0.15, -0.1) is 24.0 Å². The molecule has 0 bridgehead atoms. The van der Waals surface area contributed by atoms with E-state index in [9.17, 15) is 0 Å². The van der Waals surface area contributed by atoms with Crippen LogP contribution in [0.15, 0.2) is 23.3 Å². The van der Waals surface area contributed by atoms with Gasteiger partial charge in [0.25, 0.3) is 0 Å². The van der Waals surface area contributed by atoms with Crippen LogP contribution in [0.5, 0.6) is 0 Å². The highest BCUT2D eigenvalue weighted by molar-refractivity contribution is 14.0. The Balaban J connectivity index is 0.00000242. The Morgan fingerprint density at radius 2 is 2.18 bits per heavy atom. The number of guanidine groups is 1. The third-order valence-corrected chi connectivity index (χ3v) is 3.51. The van der Waals surface area contributed by atoms with Crippen LogP contribution in [0, 0.1) is 0 Å². The zero-order chi connectivity index (χ0) is 14.9. The molecule has 0 unspecified atom stereocenters. The van der Waals surface area contributed by atoms with Crippen molar-refractivity contribution in [3.63, 3.8) is 0 Å². The van der Waals surface area contributed by atoms with Crippen LogP contribution in [-0.2, 0) is 11.3 Å². The van der Waals surface area contributed by atoms with Crippen molar-refractivity contribution in [2.75, 3.05) is 39.4 Å². The average Bonchev–Trinajstić information content (AvgIpc) is 2.52. The number of nitrogens with zero attached hydrogens (tertiary/aromatic N) is 3. The van der Waals surface area contributed by atoms with E-state index in [1.54, 1.807) is 12.3 Å². The van der Waals surface area contributed by atoms with Gasteiger partial charge in [0.2, 0.25) is 0 Å². The summed E-state index contributed by atoms with van der Waals surface area (Å²) in [5.74, 6) is 0.465. The minimum atomic E-state index is 0. The molecule has 0 radical (unpaired) electrons. The molecule has 0 spiro atoms. The number of ether oxygens (including phenoxy) is 1. The van der Waals surface area contributed by atoms with Gasteiger partial charge in [-0.3, -0.25) is 4.90 Å². The summed E-state index contributed by atoms with van der Waals surface area (Å²) in [6.45, 7) is 6.11. The van der Waals surface area contributed by atoms with Gasteiger partial charge in [-0.2, -0.15) is 0 Å². The number of morpholine rings is 1. The summed E-state index contributed by atoms with van der Waals surface area (Å²) in [6.07, 6.45) is 2.75. The fraction of sp³-hybridized carbons (Fsp3) is 0.571. The number of hydrogen-bond acceptors (Lipinski definition) is 4. The predicted molar refractivity (Wildman–Crippen MR) is 99.9 cm³/mol. The second-order valence-corrected chi connectivity index (χ2v) is 5.31. The lowest BCUT2D eigenvalue weighted by Crippen LogP contribution is -2.39. The van der Waals surface area contributed by atoms with Crippen LogP contribution >= 0.6 is 35.6 Å². The van der Waals surface area contributed by atoms with E-state index in [4.69, 9.17) is 22.1 Å². The highest BCUT2D eigenvalue weighted by Crippen LogP contribution is 2.05. The molecule has 0 aromatic carbocycles. The molecule has 1 saturated heterocycles. The first kappa shape index (κ1) is 19.4. The van der Waals surface area contributed by atoms with Crippen LogP contribution < -0.4 is 11.1 Å². The van der Waals surface area contributed by atoms with Gasteiger partial charge in [-0.05, 0) is 24.6 Å². The molecule has 1 aromatic rings. The van der Waals surface area contributed by atoms with Gasteiger partial charge in [0.15, 0.2) is 5.96 Å². The molecule has 3 N–H and O–H groups in total. The SMILES string of the molecule is I.NC(=NCc1ccc(Cl)nc1)NCCCN1CCOCC1. The Bertz CT molecular complexity index is 451. The van der Waals surface area contributed by atoms with Crippen molar-refractivity contribution in [3.05, 3.63) is 29.0 Å². The number of nitrogens with two attached hydrogens (primary N) is 1. The summed E-state index contributed by atoms with van der Waals surface area (Å²) >= 11 is 5.73. The second kappa shape index (κ2) is 11.0. The molecule has 1 aliphatic heterocycles. The summed E-state index contributed by atoms with van der Waals surface area (Å²) in [5.41, 5.74) is 6.81. The Hall–Kier alpha value is -0.640. The van der Waals surface area contributed by atoms with Crippen LogP contribution in [0.4, 0.5) is 0 Å². The topological polar surface area (TPSA) is 75.8 Å². The number of hydrogen-bond donors (Lipinski definition) is 2. The minimum Gasteiger partial charge on any atom is -0.379 e. The fourth-order valence-corrected chi connectivity index (χ4v) is 2.19. The lowest BCUT2D eigenvalue weighted by Gasteiger charge is -2.26. The second-order valence-electron chi connectivity index (χ2n) is 4.92. The van der Waals surface area contributed by atoms with E-state index in [0.29, 0.717) is 17.7 Å². The number of aliphatic imine (C=N–C) groups is 1. The van der Waals surface area contributed by atoms with Crippen molar-refractivity contribution in [1.29, 1.82) is 0 Å². The molecule has 1 fully saturated rings. The van der Waals surface area contributed by atoms with E-state index in [0.717, 1.165) is 51.4 Å². The molecule has 8 heteroatoms. The Kier molecular flexibility index (Phi) is 9.69. The molecule has 0 saturated carbocycles. The quantitative estimate of drug-likeness (QED) is 0.231. The molecule has 0 amide bonds. The zero-order valence-corrected chi connectivity index (χ0v) is 15.6. The standard InChI is InChI=1S/C14H22ClN5O.HI/c15-13-3-2-12(10-18-13)11-19-14(16)17-4-1-5-20-6-8-21-9-7-20;/h2-3,10H,1,4-9,11H2,(H3,16,17,19);1H.